The molecule has 4 heteroatoms. The number of amides is 2. The summed E-state index contributed by atoms with van der Waals surface area (Å²) in [6.45, 7) is 4.03. The van der Waals surface area contributed by atoms with Gasteiger partial charge in [-0.25, -0.2) is 10.2 Å². The van der Waals surface area contributed by atoms with E-state index in [-0.39, 0.29) is 5.41 Å². The van der Waals surface area contributed by atoms with Crippen molar-refractivity contribution in [2.45, 2.75) is 26.7 Å². The summed E-state index contributed by atoms with van der Waals surface area (Å²) in [7, 11) is 0. The predicted octanol–water partition coefficient (Wildman–Crippen LogP) is 0.831. The van der Waals surface area contributed by atoms with Gasteiger partial charge in [-0.05, 0) is 19.8 Å². The lowest BCUT2D eigenvalue weighted by molar-refractivity contribution is 0.249. The van der Waals surface area contributed by atoms with Gasteiger partial charge >= 0.3 is 6.03 Å². The van der Waals surface area contributed by atoms with E-state index in [0.717, 1.165) is 18.6 Å². The number of nitrogens with zero attached hydrogens (tertiary/aromatic N) is 1. The molecule has 1 saturated carbocycles. The summed E-state index contributed by atoms with van der Waals surface area (Å²) >= 11 is 0. The molecule has 0 spiro atoms. The Balaban J connectivity index is 2.46. The van der Waals surface area contributed by atoms with Crippen LogP contribution in [0.25, 0.3) is 0 Å². The number of hydrogen-bond donors (Lipinski definition) is 2. The van der Waals surface area contributed by atoms with Gasteiger partial charge < -0.3 is 5.73 Å². The van der Waals surface area contributed by atoms with Crippen molar-refractivity contribution in [2.75, 3.05) is 0 Å². The number of carbonyl (C=O) groups excluding carboxylic acids is 1. The highest BCUT2D eigenvalue weighted by Crippen LogP contribution is 2.46. The summed E-state index contributed by atoms with van der Waals surface area (Å²) in [5.74, 6) is 0. The Morgan fingerprint density at radius 1 is 1.64 bits per heavy atom. The number of carbonyl (C=O) groups is 1. The highest BCUT2D eigenvalue weighted by molar-refractivity contribution is 5.90. The SMILES string of the molecule is CC(=NNC(N)=O)C1(C)CC1. The average Bonchev–Trinajstić information content (AvgIpc) is 2.64. The zero-order valence-electron chi connectivity index (χ0n) is 6.85. The van der Waals surface area contributed by atoms with E-state index in [9.17, 15) is 4.79 Å². The van der Waals surface area contributed by atoms with Gasteiger partial charge in [0, 0.05) is 11.1 Å². The summed E-state index contributed by atoms with van der Waals surface area (Å²) in [5, 5.41) is 3.85. The van der Waals surface area contributed by atoms with Crippen LogP contribution in [0.15, 0.2) is 5.10 Å². The molecule has 1 aliphatic rings. The molecule has 0 saturated heterocycles. The highest BCUT2D eigenvalue weighted by Gasteiger charge is 2.40. The van der Waals surface area contributed by atoms with E-state index in [1.54, 1.807) is 0 Å². The summed E-state index contributed by atoms with van der Waals surface area (Å²) in [5.41, 5.74) is 8.25. The van der Waals surface area contributed by atoms with Crippen LogP contribution in [0.4, 0.5) is 4.79 Å². The molecule has 0 bridgehead atoms. The van der Waals surface area contributed by atoms with Crippen LogP contribution in [0.1, 0.15) is 26.7 Å². The maximum absolute atomic E-state index is 10.3. The first kappa shape index (κ1) is 8.04. The van der Waals surface area contributed by atoms with Gasteiger partial charge in [-0.2, -0.15) is 5.10 Å². The lowest BCUT2D eigenvalue weighted by Gasteiger charge is -2.05. The fourth-order valence-electron chi connectivity index (χ4n) is 0.823. The molecule has 0 aromatic carbocycles. The number of nitrogens with two attached hydrogens (primary N) is 1. The first-order valence-electron chi connectivity index (χ1n) is 3.65. The van der Waals surface area contributed by atoms with E-state index < -0.39 is 6.03 Å². The Kier molecular flexibility index (Phi) is 1.85. The van der Waals surface area contributed by atoms with Crippen LogP contribution in [0.5, 0.6) is 0 Å². The first-order chi connectivity index (χ1) is 5.04. The Morgan fingerprint density at radius 2 is 2.18 bits per heavy atom. The third-order valence-corrected chi connectivity index (χ3v) is 2.21. The van der Waals surface area contributed by atoms with Gasteiger partial charge in [-0.15, -0.1) is 0 Å². The van der Waals surface area contributed by atoms with Crippen molar-refractivity contribution in [3.05, 3.63) is 0 Å². The summed E-state index contributed by atoms with van der Waals surface area (Å²) < 4.78 is 0. The number of hydrazone groups is 1. The normalized spacial score (nSPS) is 21.1. The van der Waals surface area contributed by atoms with E-state index in [0.29, 0.717) is 0 Å². The van der Waals surface area contributed by atoms with Crippen LogP contribution in [0.2, 0.25) is 0 Å². The standard InChI is InChI=1S/C7H13N3O/c1-5(7(2)3-4-7)9-10-6(8)11/h3-4H2,1-2H3,(H3,8,10,11). The van der Waals surface area contributed by atoms with Crippen molar-refractivity contribution in [2.24, 2.45) is 16.3 Å². The molecular weight excluding hydrogens is 142 g/mol. The Labute approximate surface area is 65.8 Å². The maximum atomic E-state index is 10.3. The number of urea groups is 1. The van der Waals surface area contributed by atoms with E-state index >= 15 is 0 Å². The van der Waals surface area contributed by atoms with Crippen molar-refractivity contribution in [1.29, 1.82) is 0 Å². The number of nitrogens with one attached hydrogen (secondary N) is 1. The minimum absolute atomic E-state index is 0.225. The second-order valence-corrected chi connectivity index (χ2v) is 3.23. The van der Waals surface area contributed by atoms with Crippen LogP contribution < -0.4 is 11.2 Å². The van der Waals surface area contributed by atoms with Gasteiger partial charge in [0.15, 0.2) is 0 Å². The topological polar surface area (TPSA) is 67.5 Å². The zero-order chi connectivity index (χ0) is 8.48. The van der Waals surface area contributed by atoms with E-state index in [2.05, 4.69) is 17.5 Å². The second-order valence-electron chi connectivity index (χ2n) is 3.23. The average molecular weight is 155 g/mol. The minimum Gasteiger partial charge on any atom is -0.350 e. The monoisotopic (exact) mass is 155 g/mol. The van der Waals surface area contributed by atoms with Crippen molar-refractivity contribution in [1.82, 2.24) is 5.43 Å². The predicted molar refractivity (Wildman–Crippen MR) is 43.2 cm³/mol. The van der Waals surface area contributed by atoms with Crippen molar-refractivity contribution < 1.29 is 4.79 Å². The molecule has 62 valence electrons. The third kappa shape index (κ3) is 1.93. The third-order valence-electron chi connectivity index (χ3n) is 2.21. The smallest absolute Gasteiger partial charge is 0.332 e. The second kappa shape index (κ2) is 2.53. The van der Waals surface area contributed by atoms with Crippen molar-refractivity contribution in [3.63, 3.8) is 0 Å². The molecule has 0 atom stereocenters. The molecule has 11 heavy (non-hydrogen) atoms. The molecule has 1 aliphatic carbocycles. The molecule has 0 radical (unpaired) electrons. The summed E-state index contributed by atoms with van der Waals surface area (Å²) in [6.07, 6.45) is 2.31. The van der Waals surface area contributed by atoms with Crippen molar-refractivity contribution in [3.8, 4) is 0 Å². The molecule has 1 fully saturated rings. The van der Waals surface area contributed by atoms with Gasteiger partial charge in [0.2, 0.25) is 0 Å². The van der Waals surface area contributed by atoms with Crippen molar-refractivity contribution >= 4 is 11.7 Å². The molecule has 0 aromatic heterocycles. The molecule has 0 aliphatic heterocycles. The fraction of sp³-hybridized carbons (Fsp3) is 0.714. The number of hydrogen-bond acceptors (Lipinski definition) is 2. The lowest BCUT2D eigenvalue weighted by atomic mass is 10.1. The van der Waals surface area contributed by atoms with Gasteiger partial charge in [0.1, 0.15) is 0 Å². The van der Waals surface area contributed by atoms with Gasteiger partial charge in [0.05, 0.1) is 0 Å². The van der Waals surface area contributed by atoms with Crippen LogP contribution in [0, 0.1) is 5.41 Å². The fourth-order valence-corrected chi connectivity index (χ4v) is 0.823. The van der Waals surface area contributed by atoms with E-state index in [4.69, 9.17) is 5.73 Å². The number of rotatable bonds is 2. The van der Waals surface area contributed by atoms with Gasteiger partial charge in [0.25, 0.3) is 0 Å². The molecule has 0 unspecified atom stereocenters. The zero-order valence-corrected chi connectivity index (χ0v) is 6.85. The molecule has 0 aromatic rings. The molecule has 3 N–H and O–H groups in total. The van der Waals surface area contributed by atoms with Gasteiger partial charge in [-0.1, -0.05) is 6.92 Å². The van der Waals surface area contributed by atoms with Crippen LogP contribution in [-0.2, 0) is 0 Å². The van der Waals surface area contributed by atoms with Gasteiger partial charge in [-0.3, -0.25) is 0 Å². The van der Waals surface area contributed by atoms with E-state index in [1.807, 2.05) is 6.92 Å². The Hall–Kier alpha value is -1.06. The minimum atomic E-state index is -0.603. The lowest BCUT2D eigenvalue weighted by Crippen LogP contribution is -2.26. The Morgan fingerprint density at radius 3 is 2.55 bits per heavy atom. The number of primary amides is 1. The summed E-state index contributed by atoms with van der Waals surface area (Å²) in [4.78, 5) is 10.3. The highest BCUT2D eigenvalue weighted by atomic mass is 16.2. The largest absolute Gasteiger partial charge is 0.350 e. The van der Waals surface area contributed by atoms with Crippen LogP contribution in [0.3, 0.4) is 0 Å². The maximum Gasteiger partial charge on any atom is 0.332 e. The Bertz CT molecular complexity index is 206. The summed E-state index contributed by atoms with van der Waals surface area (Å²) in [6, 6.07) is -0.603. The quantitative estimate of drug-likeness (QED) is 0.450. The molecule has 0 heterocycles. The molecule has 4 nitrogen and oxygen atoms in total. The van der Waals surface area contributed by atoms with Crippen LogP contribution >= 0.6 is 0 Å². The molecule has 2 amide bonds. The van der Waals surface area contributed by atoms with E-state index in [1.165, 1.54) is 0 Å². The van der Waals surface area contributed by atoms with Crippen LogP contribution in [-0.4, -0.2) is 11.7 Å². The first-order valence-corrected chi connectivity index (χ1v) is 3.65. The molecule has 1 rings (SSSR count). The molecular formula is C7H13N3O.